The van der Waals surface area contributed by atoms with E-state index in [1.54, 1.807) is 13.2 Å². The van der Waals surface area contributed by atoms with Crippen LogP contribution in [0.3, 0.4) is 0 Å². The number of fused-ring (bicyclic) bond motifs is 1. The average Bonchev–Trinajstić information content (AvgIpc) is 2.34. The van der Waals surface area contributed by atoms with Gasteiger partial charge in [-0.15, -0.1) is 0 Å². The third-order valence-electron chi connectivity index (χ3n) is 2.50. The Kier molecular flexibility index (Phi) is 3.51. The van der Waals surface area contributed by atoms with Crippen LogP contribution in [0.1, 0.15) is 5.56 Å². The summed E-state index contributed by atoms with van der Waals surface area (Å²) >= 11 is 0. The van der Waals surface area contributed by atoms with Gasteiger partial charge < -0.3 is 4.74 Å². The zero-order valence-corrected chi connectivity index (χ0v) is 10.6. The highest BCUT2D eigenvalue weighted by atomic mass is 32.2. The van der Waals surface area contributed by atoms with Crippen molar-refractivity contribution < 1.29 is 17.3 Å². The number of benzene rings is 2. The molecular weight excluding hydrogens is 254 g/mol. The summed E-state index contributed by atoms with van der Waals surface area (Å²) < 4.78 is 31.0. The van der Waals surface area contributed by atoms with E-state index in [2.05, 4.69) is 4.18 Å². The lowest BCUT2D eigenvalue weighted by Crippen LogP contribution is -2.15. The maximum atomic E-state index is 10.7. The first kappa shape index (κ1) is 12.8. The van der Waals surface area contributed by atoms with Gasteiger partial charge in [0, 0.05) is 0 Å². The summed E-state index contributed by atoms with van der Waals surface area (Å²) in [6.07, 6.45) is 0. The minimum Gasteiger partial charge on any atom is -0.497 e. The molecule has 0 aliphatic carbocycles. The highest BCUT2D eigenvalue weighted by molar-refractivity contribution is 7.84. The van der Waals surface area contributed by atoms with E-state index >= 15 is 0 Å². The second-order valence-electron chi connectivity index (χ2n) is 3.80. The van der Waals surface area contributed by atoms with E-state index in [-0.39, 0.29) is 6.61 Å². The molecule has 0 aliphatic heterocycles. The molecule has 2 aromatic carbocycles. The predicted molar refractivity (Wildman–Crippen MR) is 68.4 cm³/mol. The zero-order valence-electron chi connectivity index (χ0n) is 9.79. The Hall–Kier alpha value is -1.63. The van der Waals surface area contributed by atoms with Gasteiger partial charge in [0.2, 0.25) is 0 Å². The lowest BCUT2D eigenvalue weighted by atomic mass is 10.1. The van der Waals surface area contributed by atoms with E-state index in [4.69, 9.17) is 9.88 Å². The third kappa shape index (κ3) is 3.19. The van der Waals surface area contributed by atoms with Crippen molar-refractivity contribution in [2.45, 2.75) is 6.61 Å². The van der Waals surface area contributed by atoms with E-state index in [0.29, 0.717) is 0 Å². The predicted octanol–water partition coefficient (Wildman–Crippen LogP) is 1.57. The monoisotopic (exact) mass is 267 g/mol. The molecule has 5 nitrogen and oxygen atoms in total. The number of rotatable bonds is 4. The number of methoxy groups -OCH3 is 1. The van der Waals surface area contributed by atoms with Gasteiger partial charge >= 0.3 is 10.3 Å². The van der Waals surface area contributed by atoms with Crippen molar-refractivity contribution in [1.82, 2.24) is 0 Å². The standard InChI is InChI=1S/C12H13NO4S/c1-16-12-5-4-10-6-9(2-3-11(10)7-12)8-17-18(13,14)15/h2-7H,8H2,1H3,(H2,13,14,15). The van der Waals surface area contributed by atoms with Gasteiger partial charge in [-0.1, -0.05) is 18.2 Å². The van der Waals surface area contributed by atoms with Gasteiger partial charge in [0.25, 0.3) is 0 Å². The van der Waals surface area contributed by atoms with Crippen LogP contribution in [-0.4, -0.2) is 15.5 Å². The molecular formula is C12H13NO4S. The molecule has 0 fully saturated rings. The minimum atomic E-state index is -3.91. The molecule has 96 valence electrons. The summed E-state index contributed by atoms with van der Waals surface area (Å²) in [6, 6.07) is 11.1. The van der Waals surface area contributed by atoms with Crippen LogP contribution in [-0.2, 0) is 21.1 Å². The Morgan fingerprint density at radius 3 is 2.44 bits per heavy atom. The Morgan fingerprint density at radius 2 is 1.78 bits per heavy atom. The number of nitrogens with two attached hydrogens (primary N) is 1. The van der Waals surface area contributed by atoms with Crippen molar-refractivity contribution in [3.63, 3.8) is 0 Å². The maximum Gasteiger partial charge on any atom is 0.333 e. The van der Waals surface area contributed by atoms with Crippen LogP contribution in [0.15, 0.2) is 36.4 Å². The van der Waals surface area contributed by atoms with Gasteiger partial charge in [-0.25, -0.2) is 5.14 Å². The van der Waals surface area contributed by atoms with Crippen LogP contribution in [0.2, 0.25) is 0 Å². The summed E-state index contributed by atoms with van der Waals surface area (Å²) in [5.74, 6) is 0.774. The first-order valence-electron chi connectivity index (χ1n) is 5.22. The molecule has 0 saturated carbocycles. The minimum absolute atomic E-state index is 0.0686. The molecule has 0 atom stereocenters. The largest absolute Gasteiger partial charge is 0.497 e. The number of hydrogen-bond donors (Lipinski definition) is 1. The number of ether oxygens (including phenoxy) is 1. The van der Waals surface area contributed by atoms with Gasteiger partial charge in [-0.05, 0) is 34.5 Å². The SMILES string of the molecule is COc1ccc2cc(COS(N)(=O)=O)ccc2c1. The summed E-state index contributed by atoms with van der Waals surface area (Å²) in [7, 11) is -2.30. The van der Waals surface area contributed by atoms with Crippen LogP contribution in [0.4, 0.5) is 0 Å². The average molecular weight is 267 g/mol. The van der Waals surface area contributed by atoms with Crippen LogP contribution in [0.5, 0.6) is 5.75 Å². The van der Waals surface area contributed by atoms with Gasteiger partial charge in [0.05, 0.1) is 13.7 Å². The summed E-state index contributed by atoms with van der Waals surface area (Å²) in [5.41, 5.74) is 0.738. The van der Waals surface area contributed by atoms with E-state index < -0.39 is 10.3 Å². The second kappa shape index (κ2) is 4.93. The molecule has 0 spiro atoms. The highest BCUT2D eigenvalue weighted by Crippen LogP contribution is 2.22. The first-order chi connectivity index (χ1) is 8.48. The van der Waals surface area contributed by atoms with Gasteiger partial charge in [0.15, 0.2) is 0 Å². The van der Waals surface area contributed by atoms with Crippen molar-refractivity contribution in [1.29, 1.82) is 0 Å². The molecule has 0 unspecified atom stereocenters. The van der Waals surface area contributed by atoms with Crippen LogP contribution < -0.4 is 9.88 Å². The molecule has 2 N–H and O–H groups in total. The Morgan fingerprint density at radius 1 is 1.11 bits per heavy atom. The molecule has 0 radical (unpaired) electrons. The molecule has 0 aliphatic rings. The Labute approximate surface area is 105 Å². The second-order valence-corrected chi connectivity index (χ2v) is 5.02. The fourth-order valence-electron chi connectivity index (χ4n) is 1.64. The van der Waals surface area contributed by atoms with Crippen molar-refractivity contribution in [3.05, 3.63) is 42.0 Å². The zero-order chi connectivity index (χ0) is 13.2. The topological polar surface area (TPSA) is 78.6 Å². The fraction of sp³-hybridized carbons (Fsp3) is 0.167. The smallest absolute Gasteiger partial charge is 0.333 e. The quantitative estimate of drug-likeness (QED) is 0.912. The van der Waals surface area contributed by atoms with Crippen molar-refractivity contribution in [2.24, 2.45) is 5.14 Å². The van der Waals surface area contributed by atoms with Crippen molar-refractivity contribution in [2.75, 3.05) is 7.11 Å². The van der Waals surface area contributed by atoms with E-state index in [1.807, 2.05) is 30.3 Å². The highest BCUT2D eigenvalue weighted by Gasteiger charge is 2.04. The first-order valence-corrected chi connectivity index (χ1v) is 6.69. The Balaban J connectivity index is 2.28. The van der Waals surface area contributed by atoms with E-state index in [9.17, 15) is 8.42 Å². The lowest BCUT2D eigenvalue weighted by Gasteiger charge is -2.05. The number of hydrogen-bond acceptors (Lipinski definition) is 4. The molecule has 0 aromatic heterocycles. The van der Waals surface area contributed by atoms with Crippen LogP contribution in [0, 0.1) is 0 Å². The molecule has 18 heavy (non-hydrogen) atoms. The molecule has 0 heterocycles. The Bertz CT molecular complexity index is 667. The maximum absolute atomic E-state index is 10.7. The third-order valence-corrected chi connectivity index (χ3v) is 2.95. The van der Waals surface area contributed by atoms with Crippen LogP contribution >= 0.6 is 0 Å². The van der Waals surface area contributed by atoms with E-state index in [0.717, 1.165) is 22.1 Å². The summed E-state index contributed by atoms with van der Waals surface area (Å²) in [5, 5.41) is 6.75. The van der Waals surface area contributed by atoms with Gasteiger partial charge in [-0.2, -0.15) is 8.42 Å². The lowest BCUT2D eigenvalue weighted by molar-refractivity contribution is 0.309. The van der Waals surface area contributed by atoms with Crippen molar-refractivity contribution in [3.8, 4) is 5.75 Å². The molecule has 0 bridgehead atoms. The summed E-state index contributed by atoms with van der Waals surface area (Å²) in [4.78, 5) is 0. The molecule has 6 heteroatoms. The van der Waals surface area contributed by atoms with Crippen molar-refractivity contribution >= 4 is 21.1 Å². The fourth-order valence-corrected chi connectivity index (χ4v) is 1.94. The van der Waals surface area contributed by atoms with Crippen LogP contribution in [0.25, 0.3) is 10.8 Å². The molecule has 2 rings (SSSR count). The van der Waals surface area contributed by atoms with Gasteiger partial charge in [-0.3, -0.25) is 4.18 Å². The summed E-state index contributed by atoms with van der Waals surface area (Å²) in [6.45, 7) is -0.0686. The molecule has 2 aromatic rings. The van der Waals surface area contributed by atoms with E-state index in [1.165, 1.54) is 0 Å². The molecule has 0 amide bonds. The normalized spacial score (nSPS) is 11.7. The molecule has 0 saturated heterocycles. The van der Waals surface area contributed by atoms with Gasteiger partial charge in [0.1, 0.15) is 5.75 Å².